The van der Waals surface area contributed by atoms with Gasteiger partial charge in [-0.25, -0.2) is 19.8 Å². The second-order valence-corrected chi connectivity index (χ2v) is 9.57. The van der Waals surface area contributed by atoms with Crippen molar-refractivity contribution in [2.75, 3.05) is 62.4 Å². The van der Waals surface area contributed by atoms with Crippen molar-refractivity contribution < 1.29 is 14.6 Å². The number of ether oxygens (including phenoxy) is 1. The van der Waals surface area contributed by atoms with Gasteiger partial charge in [-0.3, -0.25) is 15.6 Å². The maximum absolute atomic E-state index is 11.1. The molecule has 11 nitrogen and oxygen atoms in total. The molecule has 1 saturated carbocycles. The zero-order valence-electron chi connectivity index (χ0n) is 20.0. The molecule has 0 aromatic carbocycles. The molecule has 3 aliphatic rings. The minimum Gasteiger partial charge on any atom is -0.465 e. The Morgan fingerprint density at radius 3 is 2.53 bits per heavy atom. The van der Waals surface area contributed by atoms with E-state index in [1.807, 2.05) is 0 Å². The van der Waals surface area contributed by atoms with E-state index in [2.05, 4.69) is 48.6 Å². The highest BCUT2D eigenvalue weighted by atomic mass is 16.5. The van der Waals surface area contributed by atoms with E-state index in [0.29, 0.717) is 37.4 Å². The number of rotatable bonds is 8. The van der Waals surface area contributed by atoms with E-state index < -0.39 is 6.09 Å². The SMILES string of the molecule is C=Nc1nc(C(=N)NC(=O)O)nc(N2CCC2)c1N(CC1CCC(C)CC1)CN1CCOCC1. The molecule has 0 unspecified atom stereocenters. The van der Waals surface area contributed by atoms with Gasteiger partial charge in [0.05, 0.1) is 19.9 Å². The zero-order valence-corrected chi connectivity index (χ0v) is 20.0. The molecule has 0 atom stereocenters. The Kier molecular flexibility index (Phi) is 7.94. The third-order valence-electron chi connectivity index (χ3n) is 7.01. The third-order valence-corrected chi connectivity index (χ3v) is 7.01. The number of aliphatic imine (C=N–C) groups is 1. The van der Waals surface area contributed by atoms with Gasteiger partial charge in [-0.15, -0.1) is 0 Å². The first kappa shape index (κ1) is 24.3. The van der Waals surface area contributed by atoms with Crippen LogP contribution in [0.5, 0.6) is 0 Å². The smallest absolute Gasteiger partial charge is 0.410 e. The van der Waals surface area contributed by atoms with Crippen molar-refractivity contribution in [1.82, 2.24) is 20.2 Å². The summed E-state index contributed by atoms with van der Waals surface area (Å²) in [5, 5.41) is 19.2. The molecule has 1 aliphatic carbocycles. The monoisotopic (exact) mass is 472 g/mol. The number of carboxylic acid groups (broad SMARTS) is 1. The second kappa shape index (κ2) is 11.1. The highest BCUT2D eigenvalue weighted by Gasteiger charge is 2.31. The lowest BCUT2D eigenvalue weighted by Gasteiger charge is -2.41. The fourth-order valence-corrected chi connectivity index (χ4v) is 4.87. The van der Waals surface area contributed by atoms with Gasteiger partial charge >= 0.3 is 6.09 Å². The maximum atomic E-state index is 11.1. The van der Waals surface area contributed by atoms with Crippen molar-refractivity contribution in [2.45, 2.75) is 39.0 Å². The van der Waals surface area contributed by atoms with Crippen LogP contribution >= 0.6 is 0 Å². The number of aromatic nitrogens is 2. The first-order chi connectivity index (χ1) is 16.4. The van der Waals surface area contributed by atoms with Crippen LogP contribution in [0.15, 0.2) is 4.99 Å². The molecule has 2 saturated heterocycles. The minimum atomic E-state index is -1.32. The van der Waals surface area contributed by atoms with Gasteiger partial charge in [0, 0.05) is 32.7 Å². The number of nitrogens with one attached hydrogen (secondary N) is 2. The van der Waals surface area contributed by atoms with E-state index in [4.69, 9.17) is 15.3 Å². The fourth-order valence-electron chi connectivity index (χ4n) is 4.87. The Bertz CT molecular complexity index is 892. The lowest BCUT2D eigenvalue weighted by atomic mass is 9.83. The largest absolute Gasteiger partial charge is 0.465 e. The average molecular weight is 473 g/mol. The maximum Gasteiger partial charge on any atom is 0.410 e. The van der Waals surface area contributed by atoms with E-state index in [1.54, 1.807) is 0 Å². The van der Waals surface area contributed by atoms with Crippen LogP contribution < -0.4 is 15.1 Å². The summed E-state index contributed by atoms with van der Waals surface area (Å²) in [6, 6.07) is 0. The summed E-state index contributed by atoms with van der Waals surface area (Å²) >= 11 is 0. The van der Waals surface area contributed by atoms with Gasteiger partial charge in [-0.1, -0.05) is 19.8 Å². The summed E-state index contributed by atoms with van der Waals surface area (Å²) < 4.78 is 5.56. The number of nitrogens with zero attached hydrogens (tertiary/aromatic N) is 6. The van der Waals surface area contributed by atoms with E-state index in [9.17, 15) is 4.79 Å². The van der Waals surface area contributed by atoms with Crippen molar-refractivity contribution >= 4 is 36.0 Å². The van der Waals surface area contributed by atoms with Crippen LogP contribution in [0.1, 0.15) is 44.9 Å². The molecule has 0 radical (unpaired) electrons. The van der Waals surface area contributed by atoms with Gasteiger partial charge in [0.2, 0.25) is 0 Å². The van der Waals surface area contributed by atoms with Crippen LogP contribution in [-0.4, -0.2) is 91.2 Å². The van der Waals surface area contributed by atoms with Crippen molar-refractivity contribution in [3.05, 3.63) is 5.82 Å². The minimum absolute atomic E-state index is 0.00765. The number of amidine groups is 1. The van der Waals surface area contributed by atoms with Gasteiger partial charge in [0.15, 0.2) is 23.3 Å². The topological polar surface area (TPSA) is 130 Å². The quantitative estimate of drug-likeness (QED) is 0.389. The van der Waals surface area contributed by atoms with Gasteiger partial charge in [0.1, 0.15) is 5.69 Å². The van der Waals surface area contributed by atoms with E-state index in [-0.39, 0.29) is 11.7 Å². The van der Waals surface area contributed by atoms with Crippen LogP contribution in [0.3, 0.4) is 0 Å². The first-order valence-electron chi connectivity index (χ1n) is 12.2. The number of amides is 1. The number of morpholine rings is 1. The zero-order chi connectivity index (χ0) is 24.1. The van der Waals surface area contributed by atoms with Crippen LogP contribution in [-0.2, 0) is 4.74 Å². The predicted molar refractivity (Wildman–Crippen MR) is 132 cm³/mol. The normalized spacial score (nSPS) is 23.1. The molecule has 1 aromatic heterocycles. The molecule has 4 rings (SSSR count). The molecule has 186 valence electrons. The summed E-state index contributed by atoms with van der Waals surface area (Å²) in [4.78, 5) is 31.3. The summed E-state index contributed by atoms with van der Waals surface area (Å²) in [6.07, 6.45) is 4.62. The number of carbonyl (C=O) groups is 1. The summed E-state index contributed by atoms with van der Waals surface area (Å²) in [5.74, 6) is 2.08. The van der Waals surface area contributed by atoms with Crippen molar-refractivity contribution in [3.8, 4) is 0 Å². The fraction of sp³-hybridized carbons (Fsp3) is 0.696. The van der Waals surface area contributed by atoms with Crippen LogP contribution in [0, 0.1) is 17.2 Å². The molecule has 34 heavy (non-hydrogen) atoms. The summed E-state index contributed by atoms with van der Waals surface area (Å²) in [5.41, 5.74) is 0.826. The number of hydrogen-bond acceptors (Lipinski definition) is 9. The Labute approximate surface area is 200 Å². The summed E-state index contributed by atoms with van der Waals surface area (Å²) in [7, 11) is 0. The molecule has 2 aliphatic heterocycles. The standard InChI is InChI=1S/C23H36N8O3/c1-16-4-6-17(7-5-16)14-31(15-29-10-12-34-13-11-29)18-20(25-2)27-21(19(24)26-23(32)33)28-22(18)30-8-3-9-30/h16-17H,2-15H2,1H3,(H2,24,26)(H,32,33). The average Bonchev–Trinajstić information content (AvgIpc) is 2.78. The van der Waals surface area contributed by atoms with Gasteiger partial charge in [-0.05, 0) is 37.8 Å². The van der Waals surface area contributed by atoms with Crippen molar-refractivity contribution in [2.24, 2.45) is 16.8 Å². The Balaban J connectivity index is 1.70. The molecule has 3 fully saturated rings. The highest BCUT2D eigenvalue weighted by molar-refractivity contribution is 6.02. The second-order valence-electron chi connectivity index (χ2n) is 9.57. The highest BCUT2D eigenvalue weighted by Crippen LogP contribution is 2.39. The lowest BCUT2D eigenvalue weighted by Crippen LogP contribution is -2.47. The number of anilines is 2. The molecular weight excluding hydrogens is 436 g/mol. The molecule has 3 heterocycles. The van der Waals surface area contributed by atoms with Crippen LogP contribution in [0.2, 0.25) is 0 Å². The molecule has 3 N–H and O–H groups in total. The van der Waals surface area contributed by atoms with Crippen LogP contribution in [0.4, 0.5) is 22.1 Å². The first-order valence-corrected chi connectivity index (χ1v) is 12.2. The third kappa shape index (κ3) is 5.82. The van der Waals surface area contributed by atoms with E-state index in [1.165, 1.54) is 25.7 Å². The van der Waals surface area contributed by atoms with E-state index >= 15 is 0 Å². The lowest BCUT2D eigenvalue weighted by molar-refractivity contribution is 0.0374. The van der Waals surface area contributed by atoms with Crippen molar-refractivity contribution in [3.63, 3.8) is 0 Å². The number of hydrogen-bond donors (Lipinski definition) is 3. The molecule has 11 heteroatoms. The van der Waals surface area contributed by atoms with Gasteiger partial charge in [0.25, 0.3) is 0 Å². The molecule has 0 bridgehead atoms. The van der Waals surface area contributed by atoms with Crippen LogP contribution in [0.25, 0.3) is 0 Å². The molecule has 1 aromatic rings. The Morgan fingerprint density at radius 1 is 1.24 bits per heavy atom. The molecular formula is C23H36N8O3. The Morgan fingerprint density at radius 2 is 1.94 bits per heavy atom. The van der Waals surface area contributed by atoms with Gasteiger partial charge < -0.3 is 19.6 Å². The molecule has 0 spiro atoms. The van der Waals surface area contributed by atoms with E-state index in [0.717, 1.165) is 50.7 Å². The predicted octanol–water partition coefficient (Wildman–Crippen LogP) is 2.53. The summed E-state index contributed by atoms with van der Waals surface area (Å²) in [6.45, 7) is 12.5. The Hall–Kier alpha value is -2.79. The molecule has 1 amide bonds. The van der Waals surface area contributed by atoms with Gasteiger partial charge in [-0.2, -0.15) is 0 Å². The van der Waals surface area contributed by atoms with Crippen molar-refractivity contribution in [1.29, 1.82) is 5.41 Å².